The number of hydrogen-bond acceptors (Lipinski definition) is 5. The first-order chi connectivity index (χ1) is 14.0. The van der Waals surface area contributed by atoms with Crippen LogP contribution in [0.4, 0.5) is 5.00 Å². The van der Waals surface area contributed by atoms with Gasteiger partial charge in [-0.15, -0.1) is 11.3 Å². The minimum absolute atomic E-state index is 0.321. The van der Waals surface area contributed by atoms with E-state index in [9.17, 15) is 9.59 Å². The van der Waals surface area contributed by atoms with Crippen molar-refractivity contribution in [1.29, 1.82) is 0 Å². The fourth-order valence-corrected chi connectivity index (χ4v) is 3.77. The Bertz CT molecular complexity index is 997. The Morgan fingerprint density at radius 1 is 1.07 bits per heavy atom. The molecule has 0 atom stereocenters. The number of rotatable bonds is 7. The van der Waals surface area contributed by atoms with Gasteiger partial charge in [-0.2, -0.15) is 0 Å². The highest BCUT2D eigenvalue weighted by Gasteiger charge is 2.22. The summed E-state index contributed by atoms with van der Waals surface area (Å²) in [6.45, 7) is 2.69. The van der Waals surface area contributed by atoms with Crippen LogP contribution in [0.15, 0.2) is 53.9 Å². The predicted molar refractivity (Wildman–Crippen MR) is 116 cm³/mol. The lowest BCUT2D eigenvalue weighted by atomic mass is 10.0. The van der Waals surface area contributed by atoms with Crippen LogP contribution in [0.25, 0.3) is 11.1 Å². The zero-order valence-corrected chi connectivity index (χ0v) is 17.6. The molecule has 0 saturated heterocycles. The number of thiophene rings is 1. The second-order valence-corrected chi connectivity index (χ2v) is 7.50. The Hall–Kier alpha value is -2.83. The zero-order chi connectivity index (χ0) is 20.8. The Labute approximate surface area is 178 Å². The van der Waals surface area contributed by atoms with Crippen LogP contribution in [0.3, 0.4) is 0 Å². The molecule has 0 saturated carbocycles. The highest BCUT2D eigenvalue weighted by molar-refractivity contribution is 7.15. The molecular formula is C22H20ClNO4S. The topological polar surface area (TPSA) is 64.6 Å². The maximum atomic E-state index is 12.6. The molecule has 3 aromatic rings. The van der Waals surface area contributed by atoms with Crippen molar-refractivity contribution in [3.63, 3.8) is 0 Å². The number of hydrogen-bond donors (Lipinski definition) is 1. The molecule has 1 N–H and O–H groups in total. The van der Waals surface area contributed by atoms with Crippen LogP contribution in [0.5, 0.6) is 5.75 Å². The number of esters is 1. The van der Waals surface area contributed by atoms with Crippen molar-refractivity contribution < 1.29 is 19.1 Å². The van der Waals surface area contributed by atoms with Crippen molar-refractivity contribution in [1.82, 2.24) is 0 Å². The molecule has 0 aliphatic rings. The summed E-state index contributed by atoms with van der Waals surface area (Å²) in [5.41, 5.74) is 2.28. The Balaban J connectivity index is 1.89. The van der Waals surface area contributed by atoms with Gasteiger partial charge in [-0.1, -0.05) is 30.7 Å². The molecule has 1 amide bonds. The normalized spacial score (nSPS) is 10.4. The van der Waals surface area contributed by atoms with Gasteiger partial charge in [0.15, 0.2) is 0 Å². The summed E-state index contributed by atoms with van der Waals surface area (Å²) in [5.74, 6) is -0.0794. The number of methoxy groups -OCH3 is 1. The van der Waals surface area contributed by atoms with Gasteiger partial charge in [0.05, 0.1) is 13.7 Å². The van der Waals surface area contributed by atoms with E-state index in [4.69, 9.17) is 21.1 Å². The van der Waals surface area contributed by atoms with Gasteiger partial charge in [0.2, 0.25) is 0 Å². The minimum Gasteiger partial charge on any atom is -0.494 e. The van der Waals surface area contributed by atoms with Crippen LogP contribution >= 0.6 is 22.9 Å². The molecule has 0 fully saturated rings. The summed E-state index contributed by atoms with van der Waals surface area (Å²) in [5, 5.41) is 5.60. The maximum absolute atomic E-state index is 12.6. The van der Waals surface area contributed by atoms with Crippen LogP contribution in [0.1, 0.15) is 34.1 Å². The summed E-state index contributed by atoms with van der Waals surface area (Å²) in [6, 6.07) is 14.0. The van der Waals surface area contributed by atoms with Crippen LogP contribution in [-0.2, 0) is 4.74 Å². The number of amides is 1. The van der Waals surface area contributed by atoms with Crippen molar-refractivity contribution in [3.8, 4) is 16.9 Å². The van der Waals surface area contributed by atoms with E-state index in [1.54, 1.807) is 24.3 Å². The van der Waals surface area contributed by atoms with Crippen molar-refractivity contribution in [2.75, 3.05) is 19.0 Å². The molecule has 3 rings (SSSR count). The molecule has 7 heteroatoms. The third kappa shape index (κ3) is 4.96. The van der Waals surface area contributed by atoms with Crippen molar-refractivity contribution in [3.05, 3.63) is 70.1 Å². The third-order valence-electron chi connectivity index (χ3n) is 4.15. The van der Waals surface area contributed by atoms with Gasteiger partial charge < -0.3 is 14.8 Å². The van der Waals surface area contributed by atoms with Crippen molar-refractivity contribution in [2.24, 2.45) is 0 Å². The zero-order valence-electron chi connectivity index (χ0n) is 16.0. The monoisotopic (exact) mass is 429 g/mol. The Morgan fingerprint density at radius 3 is 2.38 bits per heavy atom. The van der Waals surface area contributed by atoms with E-state index in [1.807, 2.05) is 36.6 Å². The summed E-state index contributed by atoms with van der Waals surface area (Å²) in [4.78, 5) is 25.0. The maximum Gasteiger partial charge on any atom is 0.341 e. The second kappa shape index (κ2) is 9.58. The molecule has 1 heterocycles. The van der Waals surface area contributed by atoms with Crippen LogP contribution in [0, 0.1) is 0 Å². The van der Waals surface area contributed by atoms with Gasteiger partial charge in [-0.3, -0.25) is 4.79 Å². The second-order valence-electron chi connectivity index (χ2n) is 6.18. The molecule has 0 radical (unpaired) electrons. The quantitative estimate of drug-likeness (QED) is 0.475. The first-order valence-electron chi connectivity index (χ1n) is 9.03. The number of nitrogens with one attached hydrogen (secondary N) is 1. The van der Waals surface area contributed by atoms with Gasteiger partial charge >= 0.3 is 5.97 Å². The number of ether oxygens (including phenoxy) is 2. The van der Waals surface area contributed by atoms with E-state index in [1.165, 1.54) is 18.4 Å². The number of carbonyl (C=O) groups is 2. The summed E-state index contributed by atoms with van der Waals surface area (Å²) >= 11 is 7.14. The summed E-state index contributed by atoms with van der Waals surface area (Å²) in [6.07, 6.45) is 0.926. The predicted octanol–water partition coefficient (Wildman–Crippen LogP) is 5.90. The summed E-state index contributed by atoms with van der Waals surface area (Å²) < 4.78 is 10.6. The molecule has 0 spiro atoms. The lowest BCUT2D eigenvalue weighted by molar-refractivity contribution is 0.0603. The van der Waals surface area contributed by atoms with Gasteiger partial charge in [0.1, 0.15) is 16.3 Å². The molecule has 29 heavy (non-hydrogen) atoms. The highest BCUT2D eigenvalue weighted by atomic mass is 35.5. The van der Waals surface area contributed by atoms with Crippen molar-refractivity contribution >= 4 is 39.8 Å². The number of carbonyl (C=O) groups excluding carboxylic acids is 2. The van der Waals surface area contributed by atoms with Gasteiger partial charge in [0, 0.05) is 21.5 Å². The Morgan fingerprint density at radius 2 is 1.76 bits per heavy atom. The number of benzene rings is 2. The lowest BCUT2D eigenvalue weighted by Crippen LogP contribution is -2.14. The molecule has 5 nitrogen and oxygen atoms in total. The minimum atomic E-state index is -0.515. The molecule has 1 aromatic heterocycles. The first-order valence-corrected chi connectivity index (χ1v) is 10.3. The first kappa shape index (κ1) is 20.9. The average Bonchev–Trinajstić information content (AvgIpc) is 3.16. The van der Waals surface area contributed by atoms with Gasteiger partial charge in [0.25, 0.3) is 5.91 Å². The SMILES string of the molecule is CCCOc1ccc(-c2csc(NC(=O)c3ccc(Cl)cc3)c2C(=O)OC)cc1. The Kier molecular flexibility index (Phi) is 6.90. The molecule has 0 bridgehead atoms. The fraction of sp³-hybridized carbons (Fsp3) is 0.182. The molecule has 0 aliphatic carbocycles. The summed E-state index contributed by atoms with van der Waals surface area (Å²) in [7, 11) is 1.32. The highest BCUT2D eigenvalue weighted by Crippen LogP contribution is 2.37. The van der Waals surface area contributed by atoms with E-state index in [0.717, 1.165) is 17.7 Å². The third-order valence-corrected chi connectivity index (χ3v) is 5.30. The number of anilines is 1. The molecule has 0 unspecified atom stereocenters. The molecular weight excluding hydrogens is 410 g/mol. The molecule has 150 valence electrons. The van der Waals surface area contributed by atoms with E-state index < -0.39 is 5.97 Å². The van der Waals surface area contributed by atoms with Gasteiger partial charge in [-0.25, -0.2) is 4.79 Å². The number of halogens is 1. The smallest absolute Gasteiger partial charge is 0.341 e. The average molecular weight is 430 g/mol. The van der Waals surface area contributed by atoms with E-state index in [-0.39, 0.29) is 5.91 Å². The van der Waals surface area contributed by atoms with Crippen LogP contribution in [0.2, 0.25) is 5.02 Å². The fourth-order valence-electron chi connectivity index (χ4n) is 2.69. The molecule has 2 aromatic carbocycles. The van der Waals surface area contributed by atoms with E-state index in [0.29, 0.717) is 33.3 Å². The standard InChI is InChI=1S/C22H20ClNO4S/c1-3-12-28-17-10-6-14(7-11-17)18-13-29-21(19(18)22(26)27-2)24-20(25)15-4-8-16(23)9-5-15/h4-11,13H,3,12H2,1-2H3,(H,24,25). The van der Waals surface area contributed by atoms with Crippen LogP contribution < -0.4 is 10.1 Å². The van der Waals surface area contributed by atoms with Crippen LogP contribution in [-0.4, -0.2) is 25.6 Å². The molecule has 0 aliphatic heterocycles. The largest absolute Gasteiger partial charge is 0.494 e. The van der Waals surface area contributed by atoms with E-state index in [2.05, 4.69) is 5.32 Å². The lowest BCUT2D eigenvalue weighted by Gasteiger charge is -2.09. The van der Waals surface area contributed by atoms with E-state index >= 15 is 0 Å². The van der Waals surface area contributed by atoms with Gasteiger partial charge in [-0.05, 0) is 48.4 Å². The van der Waals surface area contributed by atoms with Crippen molar-refractivity contribution in [2.45, 2.75) is 13.3 Å².